The van der Waals surface area contributed by atoms with Crippen molar-refractivity contribution in [2.24, 2.45) is 0 Å². The number of hydrogen-bond acceptors (Lipinski definition) is 5. The Hall–Kier alpha value is -3.25. The lowest BCUT2D eigenvalue weighted by Crippen LogP contribution is -2.33. The number of fused-ring (bicyclic) bond motifs is 1. The first-order chi connectivity index (χ1) is 14.8. The van der Waals surface area contributed by atoms with Crippen LogP contribution in [0, 0.1) is 0 Å². The van der Waals surface area contributed by atoms with Gasteiger partial charge < -0.3 is 20.6 Å². The third kappa shape index (κ3) is 4.19. The number of nitrogens with one attached hydrogen (secondary N) is 3. The molecule has 0 spiro atoms. The van der Waals surface area contributed by atoms with E-state index >= 15 is 0 Å². The van der Waals surface area contributed by atoms with Gasteiger partial charge in [-0.05, 0) is 62.3 Å². The summed E-state index contributed by atoms with van der Waals surface area (Å²) in [5, 5.41) is 1.17. The fourth-order valence-corrected chi connectivity index (χ4v) is 4.09. The third-order valence-corrected chi connectivity index (χ3v) is 5.76. The highest BCUT2D eigenvalue weighted by atomic mass is 16.5. The molecule has 1 fully saturated rings. The van der Waals surface area contributed by atoms with Crippen molar-refractivity contribution in [3.63, 3.8) is 0 Å². The fraction of sp³-hybridized carbons (Fsp3) is 0.292. The van der Waals surface area contributed by atoms with Crippen LogP contribution in [0.25, 0.3) is 22.2 Å². The van der Waals surface area contributed by atoms with E-state index in [-0.39, 0.29) is 0 Å². The van der Waals surface area contributed by atoms with E-state index in [0.29, 0.717) is 0 Å². The average molecular weight is 402 g/mol. The summed E-state index contributed by atoms with van der Waals surface area (Å²) in [4.78, 5) is 10.1. The minimum absolute atomic E-state index is 0.734. The van der Waals surface area contributed by atoms with Crippen molar-refractivity contribution < 1.29 is 4.74 Å². The van der Waals surface area contributed by atoms with Crippen molar-refractivity contribution in [2.75, 3.05) is 26.2 Å². The first-order valence-electron chi connectivity index (χ1n) is 10.7. The van der Waals surface area contributed by atoms with Crippen molar-refractivity contribution in [3.05, 3.63) is 72.3 Å². The van der Waals surface area contributed by atoms with Crippen molar-refractivity contribution in [1.82, 2.24) is 25.7 Å². The number of aromatic nitrogens is 2. The molecule has 2 aromatic heterocycles. The Morgan fingerprint density at radius 2 is 1.87 bits per heavy atom. The summed E-state index contributed by atoms with van der Waals surface area (Å²) in [5.74, 6) is 0.915. The Morgan fingerprint density at radius 3 is 2.73 bits per heavy atom. The number of H-pyrrole nitrogens is 1. The zero-order chi connectivity index (χ0) is 20.2. The lowest BCUT2D eigenvalue weighted by atomic mass is 10.1. The zero-order valence-corrected chi connectivity index (χ0v) is 17.0. The molecule has 3 N–H and O–H groups in total. The second kappa shape index (κ2) is 8.63. The number of aromatic amines is 1. The Balaban J connectivity index is 1.29. The summed E-state index contributed by atoms with van der Waals surface area (Å²) in [6.07, 6.45) is 11.7. The molecule has 0 unspecified atom stereocenters. The molecule has 30 heavy (non-hydrogen) atoms. The standard InChI is InChI=1S/C24H27N5O/c1-2-10-29(11-3-1)12-13-30-21-5-4-19-14-22(27-23(19)16-21)20-15-24(28-26-17-20)18-6-8-25-9-7-18/h4-9,14-17,26-28H,1-3,10-13H2. The van der Waals surface area contributed by atoms with E-state index in [9.17, 15) is 0 Å². The third-order valence-electron chi connectivity index (χ3n) is 5.76. The van der Waals surface area contributed by atoms with Crippen LogP contribution >= 0.6 is 0 Å². The average Bonchev–Trinajstić information content (AvgIpc) is 3.24. The molecule has 5 rings (SSSR count). The van der Waals surface area contributed by atoms with E-state index in [2.05, 4.69) is 56.1 Å². The molecule has 1 saturated heterocycles. The van der Waals surface area contributed by atoms with E-state index in [1.54, 1.807) is 12.4 Å². The van der Waals surface area contributed by atoms with Crippen LogP contribution in [0.1, 0.15) is 30.5 Å². The molecule has 1 aromatic carbocycles. The molecule has 6 nitrogen and oxygen atoms in total. The first-order valence-corrected chi connectivity index (χ1v) is 10.7. The second-order valence-corrected chi connectivity index (χ2v) is 7.85. The van der Waals surface area contributed by atoms with Gasteiger partial charge in [-0.25, -0.2) is 0 Å². The van der Waals surface area contributed by atoms with E-state index in [1.807, 2.05) is 18.3 Å². The summed E-state index contributed by atoms with van der Waals surface area (Å²) >= 11 is 0. The molecule has 0 saturated carbocycles. The number of hydrogen-bond donors (Lipinski definition) is 3. The summed E-state index contributed by atoms with van der Waals surface area (Å²) in [5.41, 5.74) is 11.7. The Kier molecular flexibility index (Phi) is 5.40. The number of rotatable bonds is 6. The van der Waals surface area contributed by atoms with Gasteiger partial charge in [0.1, 0.15) is 12.4 Å². The number of hydrazine groups is 1. The van der Waals surface area contributed by atoms with Gasteiger partial charge in [0.2, 0.25) is 0 Å². The van der Waals surface area contributed by atoms with E-state index < -0.39 is 0 Å². The molecular formula is C24H27N5O. The van der Waals surface area contributed by atoms with Gasteiger partial charge in [-0.15, -0.1) is 0 Å². The topological polar surface area (TPSA) is 65.2 Å². The van der Waals surface area contributed by atoms with Gasteiger partial charge in [0, 0.05) is 58.9 Å². The Bertz CT molecular complexity index is 1060. The van der Waals surface area contributed by atoms with Crippen LogP contribution in [-0.4, -0.2) is 41.1 Å². The van der Waals surface area contributed by atoms with Crippen LogP contribution in [0.2, 0.25) is 0 Å². The smallest absolute Gasteiger partial charge is 0.121 e. The lowest BCUT2D eigenvalue weighted by Gasteiger charge is -2.26. The number of ether oxygens (including phenoxy) is 1. The molecule has 0 aliphatic carbocycles. The van der Waals surface area contributed by atoms with Gasteiger partial charge in [-0.3, -0.25) is 9.88 Å². The maximum absolute atomic E-state index is 6.03. The van der Waals surface area contributed by atoms with Crippen LogP contribution in [-0.2, 0) is 0 Å². The SMILES string of the molecule is C1=C(c2ccncc2)NNC=C1c1cc2ccc(OCCN3CCCCC3)cc2[nH]1. The van der Waals surface area contributed by atoms with Gasteiger partial charge in [-0.2, -0.15) is 0 Å². The summed E-state index contributed by atoms with van der Waals surface area (Å²) in [6.45, 7) is 4.14. The Morgan fingerprint density at radius 1 is 1.00 bits per heavy atom. The Labute approximate surface area is 176 Å². The van der Waals surface area contributed by atoms with Crippen LogP contribution in [0.4, 0.5) is 0 Å². The molecule has 6 heteroatoms. The van der Waals surface area contributed by atoms with E-state index in [4.69, 9.17) is 4.74 Å². The number of benzene rings is 1. The summed E-state index contributed by atoms with van der Waals surface area (Å²) < 4.78 is 6.03. The van der Waals surface area contributed by atoms with Crippen molar-refractivity contribution in [1.29, 1.82) is 0 Å². The first kappa shape index (κ1) is 18.8. The second-order valence-electron chi connectivity index (χ2n) is 7.85. The highest BCUT2D eigenvalue weighted by molar-refractivity contribution is 5.90. The van der Waals surface area contributed by atoms with Gasteiger partial charge in [0.05, 0.1) is 5.70 Å². The predicted octanol–water partition coefficient (Wildman–Crippen LogP) is 3.92. The molecule has 2 aliphatic rings. The van der Waals surface area contributed by atoms with Gasteiger partial charge in [-0.1, -0.05) is 6.42 Å². The van der Waals surface area contributed by atoms with Gasteiger partial charge >= 0.3 is 0 Å². The number of piperidine rings is 1. The molecule has 2 aliphatic heterocycles. The predicted molar refractivity (Wildman–Crippen MR) is 121 cm³/mol. The lowest BCUT2D eigenvalue weighted by molar-refractivity contribution is 0.183. The molecule has 0 radical (unpaired) electrons. The van der Waals surface area contributed by atoms with Crippen LogP contribution in [0.3, 0.4) is 0 Å². The largest absolute Gasteiger partial charge is 0.492 e. The highest BCUT2D eigenvalue weighted by Gasteiger charge is 2.12. The normalized spacial score (nSPS) is 17.1. The maximum atomic E-state index is 6.03. The van der Waals surface area contributed by atoms with Gasteiger partial charge in [0.25, 0.3) is 0 Å². The molecule has 4 heterocycles. The van der Waals surface area contributed by atoms with E-state index in [0.717, 1.165) is 46.9 Å². The monoisotopic (exact) mass is 401 g/mol. The fourth-order valence-electron chi connectivity index (χ4n) is 4.09. The molecule has 0 atom stereocenters. The highest BCUT2D eigenvalue weighted by Crippen LogP contribution is 2.27. The van der Waals surface area contributed by atoms with Crippen molar-refractivity contribution >= 4 is 22.2 Å². The molecule has 0 bridgehead atoms. The van der Waals surface area contributed by atoms with Crippen molar-refractivity contribution in [3.8, 4) is 5.75 Å². The zero-order valence-electron chi connectivity index (χ0n) is 17.0. The molecular weight excluding hydrogens is 374 g/mol. The number of nitrogens with zero attached hydrogens (tertiary/aromatic N) is 2. The minimum Gasteiger partial charge on any atom is -0.492 e. The molecule has 3 aromatic rings. The molecule has 0 amide bonds. The van der Waals surface area contributed by atoms with Crippen LogP contribution < -0.4 is 15.6 Å². The van der Waals surface area contributed by atoms with E-state index in [1.165, 1.54) is 37.7 Å². The van der Waals surface area contributed by atoms with Crippen LogP contribution in [0.15, 0.2) is 61.1 Å². The summed E-state index contributed by atoms with van der Waals surface area (Å²) in [7, 11) is 0. The minimum atomic E-state index is 0.734. The number of likely N-dealkylation sites (tertiary alicyclic amines) is 1. The summed E-state index contributed by atoms with van der Waals surface area (Å²) in [6, 6.07) is 12.4. The maximum Gasteiger partial charge on any atom is 0.121 e. The van der Waals surface area contributed by atoms with Crippen molar-refractivity contribution in [2.45, 2.75) is 19.3 Å². The van der Waals surface area contributed by atoms with Crippen LogP contribution in [0.5, 0.6) is 5.75 Å². The molecule has 154 valence electrons. The quantitative estimate of drug-likeness (QED) is 0.584. The number of pyridine rings is 1. The number of allylic oxidation sites excluding steroid dienone is 2. The van der Waals surface area contributed by atoms with Gasteiger partial charge in [0.15, 0.2) is 0 Å².